The maximum Gasteiger partial charge on any atom is 0.339 e. The molecule has 0 spiro atoms. The highest BCUT2D eigenvalue weighted by atomic mass is 16.4. The molecule has 5 heteroatoms. The third-order valence-corrected chi connectivity index (χ3v) is 3.35. The maximum atomic E-state index is 12.1. The lowest BCUT2D eigenvalue weighted by Crippen LogP contribution is -2.14. The van der Waals surface area contributed by atoms with E-state index >= 15 is 0 Å². The van der Waals surface area contributed by atoms with Crippen LogP contribution in [0.3, 0.4) is 0 Å². The van der Waals surface area contributed by atoms with Gasteiger partial charge in [-0.3, -0.25) is 4.79 Å². The minimum absolute atomic E-state index is 0.164. The molecule has 0 fully saturated rings. The first-order valence-corrected chi connectivity index (χ1v) is 6.93. The van der Waals surface area contributed by atoms with E-state index in [0.29, 0.717) is 5.69 Å². The number of furan rings is 1. The van der Waals surface area contributed by atoms with Gasteiger partial charge in [0, 0.05) is 5.69 Å². The molecule has 5 nitrogen and oxygen atoms in total. The zero-order chi connectivity index (χ0) is 16.2. The topological polar surface area (TPSA) is 79.5 Å². The molecule has 0 aliphatic carbocycles. The second-order valence-corrected chi connectivity index (χ2v) is 4.87. The van der Waals surface area contributed by atoms with E-state index < -0.39 is 11.9 Å². The van der Waals surface area contributed by atoms with E-state index in [9.17, 15) is 9.59 Å². The third kappa shape index (κ3) is 3.13. The zero-order valence-electron chi connectivity index (χ0n) is 12.0. The van der Waals surface area contributed by atoms with Crippen LogP contribution in [-0.2, 0) is 0 Å². The fraction of sp³-hybridized carbons (Fsp3) is 0. The summed E-state index contributed by atoms with van der Waals surface area (Å²) >= 11 is 0. The Kier molecular flexibility index (Phi) is 3.93. The molecule has 3 aromatic rings. The van der Waals surface area contributed by atoms with Gasteiger partial charge in [-0.2, -0.15) is 0 Å². The van der Waals surface area contributed by atoms with Gasteiger partial charge in [0.15, 0.2) is 0 Å². The predicted octanol–water partition coefficient (Wildman–Crippen LogP) is 3.90. The molecule has 2 aromatic carbocycles. The molecule has 0 unspecified atom stereocenters. The van der Waals surface area contributed by atoms with Crippen LogP contribution < -0.4 is 5.32 Å². The van der Waals surface area contributed by atoms with Gasteiger partial charge in [0.1, 0.15) is 5.56 Å². The quantitative estimate of drug-likeness (QED) is 0.766. The normalized spacial score (nSPS) is 10.3. The summed E-state index contributed by atoms with van der Waals surface area (Å²) in [4.78, 5) is 23.1. The first kappa shape index (κ1) is 14.6. The fourth-order valence-corrected chi connectivity index (χ4v) is 2.22. The van der Waals surface area contributed by atoms with Gasteiger partial charge in [-0.1, -0.05) is 42.5 Å². The molecule has 23 heavy (non-hydrogen) atoms. The number of benzene rings is 2. The highest BCUT2D eigenvalue weighted by Gasteiger charge is 2.20. The minimum atomic E-state index is -1.21. The summed E-state index contributed by atoms with van der Waals surface area (Å²) in [7, 11) is 0. The first-order chi connectivity index (χ1) is 11.1. The van der Waals surface area contributed by atoms with E-state index in [0.717, 1.165) is 11.1 Å². The molecular formula is C18H13NO4. The number of hydrogen-bond acceptors (Lipinski definition) is 3. The summed E-state index contributed by atoms with van der Waals surface area (Å²) in [6.45, 7) is 0. The number of carbonyl (C=O) groups is 2. The van der Waals surface area contributed by atoms with Crippen molar-refractivity contribution in [2.45, 2.75) is 0 Å². The fourth-order valence-electron chi connectivity index (χ4n) is 2.22. The Morgan fingerprint density at radius 2 is 1.52 bits per heavy atom. The van der Waals surface area contributed by atoms with Gasteiger partial charge in [0.05, 0.1) is 6.26 Å². The van der Waals surface area contributed by atoms with Gasteiger partial charge < -0.3 is 14.8 Å². The van der Waals surface area contributed by atoms with Crippen LogP contribution in [0.25, 0.3) is 11.1 Å². The van der Waals surface area contributed by atoms with Crippen molar-refractivity contribution < 1.29 is 19.1 Å². The number of rotatable bonds is 4. The van der Waals surface area contributed by atoms with Gasteiger partial charge in [0.2, 0.25) is 5.76 Å². The molecule has 1 amide bonds. The molecule has 0 bridgehead atoms. The molecule has 0 saturated heterocycles. The van der Waals surface area contributed by atoms with Gasteiger partial charge >= 0.3 is 5.97 Å². The van der Waals surface area contributed by atoms with E-state index in [4.69, 9.17) is 9.52 Å². The van der Waals surface area contributed by atoms with Crippen LogP contribution in [0.5, 0.6) is 0 Å². The molecule has 3 rings (SSSR count). The number of carboxylic acids is 1. The summed E-state index contributed by atoms with van der Waals surface area (Å²) in [6.07, 6.45) is 1.18. The number of carbonyl (C=O) groups excluding carboxylic acids is 1. The lowest BCUT2D eigenvalue weighted by molar-refractivity contribution is 0.0690. The Morgan fingerprint density at radius 1 is 0.870 bits per heavy atom. The molecule has 114 valence electrons. The van der Waals surface area contributed by atoms with Crippen LogP contribution in [0.1, 0.15) is 20.9 Å². The van der Waals surface area contributed by atoms with Crippen molar-refractivity contribution in [2.24, 2.45) is 0 Å². The van der Waals surface area contributed by atoms with E-state index in [-0.39, 0.29) is 11.3 Å². The van der Waals surface area contributed by atoms with Crippen molar-refractivity contribution in [1.82, 2.24) is 0 Å². The van der Waals surface area contributed by atoms with Crippen molar-refractivity contribution >= 4 is 17.6 Å². The van der Waals surface area contributed by atoms with Gasteiger partial charge in [-0.05, 0) is 29.3 Å². The number of hydrogen-bond donors (Lipinski definition) is 2. The molecule has 2 N–H and O–H groups in total. The van der Waals surface area contributed by atoms with Crippen LogP contribution in [-0.4, -0.2) is 17.0 Å². The van der Waals surface area contributed by atoms with Gasteiger partial charge in [-0.15, -0.1) is 0 Å². The Bertz CT molecular complexity index is 835. The molecule has 1 aromatic heterocycles. The Labute approximate surface area is 132 Å². The van der Waals surface area contributed by atoms with Crippen LogP contribution in [0.4, 0.5) is 5.69 Å². The summed E-state index contributed by atoms with van der Waals surface area (Å²) in [5, 5.41) is 11.6. The summed E-state index contributed by atoms with van der Waals surface area (Å²) in [5.74, 6) is -2.02. The van der Waals surface area contributed by atoms with Crippen molar-refractivity contribution in [2.75, 3.05) is 5.32 Å². The second kappa shape index (κ2) is 6.19. The van der Waals surface area contributed by atoms with E-state index in [1.54, 1.807) is 12.1 Å². The number of carboxylic acid groups (broad SMARTS) is 1. The van der Waals surface area contributed by atoms with Crippen LogP contribution in [0.2, 0.25) is 0 Å². The molecule has 0 aliphatic heterocycles. The van der Waals surface area contributed by atoms with E-state index in [1.807, 2.05) is 42.5 Å². The number of amides is 1. The molecule has 1 heterocycles. The predicted molar refractivity (Wildman–Crippen MR) is 85.5 cm³/mol. The second-order valence-electron chi connectivity index (χ2n) is 4.87. The van der Waals surface area contributed by atoms with Crippen molar-refractivity contribution in [3.8, 4) is 11.1 Å². The molecular weight excluding hydrogens is 294 g/mol. The average molecular weight is 307 g/mol. The Balaban J connectivity index is 1.77. The number of aromatic carboxylic acids is 1. The SMILES string of the molecule is O=C(O)c1ccoc1C(=O)Nc1ccc(-c2ccccc2)cc1. The average Bonchev–Trinajstić information content (AvgIpc) is 3.06. The third-order valence-electron chi connectivity index (χ3n) is 3.35. The molecule has 0 atom stereocenters. The lowest BCUT2D eigenvalue weighted by Gasteiger charge is -2.06. The molecule has 0 saturated carbocycles. The first-order valence-electron chi connectivity index (χ1n) is 6.93. The maximum absolute atomic E-state index is 12.1. The molecule has 0 radical (unpaired) electrons. The Morgan fingerprint density at radius 3 is 2.17 bits per heavy atom. The van der Waals surface area contributed by atoms with Crippen molar-refractivity contribution in [3.05, 3.63) is 78.3 Å². The largest absolute Gasteiger partial charge is 0.478 e. The van der Waals surface area contributed by atoms with E-state index in [1.165, 1.54) is 12.3 Å². The smallest absolute Gasteiger partial charge is 0.339 e. The monoisotopic (exact) mass is 307 g/mol. The highest BCUT2D eigenvalue weighted by molar-refractivity contribution is 6.08. The summed E-state index contributed by atoms with van der Waals surface area (Å²) in [6, 6.07) is 18.4. The van der Waals surface area contributed by atoms with E-state index in [2.05, 4.69) is 5.32 Å². The minimum Gasteiger partial charge on any atom is -0.478 e. The van der Waals surface area contributed by atoms with Gasteiger partial charge in [-0.25, -0.2) is 4.79 Å². The van der Waals surface area contributed by atoms with Gasteiger partial charge in [0.25, 0.3) is 5.91 Å². The van der Waals surface area contributed by atoms with Crippen molar-refractivity contribution in [1.29, 1.82) is 0 Å². The lowest BCUT2D eigenvalue weighted by atomic mass is 10.1. The van der Waals surface area contributed by atoms with Crippen molar-refractivity contribution in [3.63, 3.8) is 0 Å². The molecule has 0 aliphatic rings. The van der Waals surface area contributed by atoms with Crippen LogP contribution in [0.15, 0.2) is 71.3 Å². The standard InChI is InChI=1S/C18H13NO4/c20-17(16-15(18(21)22)10-11-23-16)19-14-8-6-13(7-9-14)12-4-2-1-3-5-12/h1-11H,(H,19,20)(H,21,22). The van der Waals surface area contributed by atoms with Crippen LogP contribution in [0, 0.1) is 0 Å². The highest BCUT2D eigenvalue weighted by Crippen LogP contribution is 2.21. The number of anilines is 1. The zero-order valence-corrected chi connectivity index (χ0v) is 12.0. The number of nitrogens with one attached hydrogen (secondary N) is 1. The summed E-state index contributed by atoms with van der Waals surface area (Å²) in [5.41, 5.74) is 2.49. The summed E-state index contributed by atoms with van der Waals surface area (Å²) < 4.78 is 4.96. The Hall–Kier alpha value is -3.34. The van der Waals surface area contributed by atoms with Crippen LogP contribution >= 0.6 is 0 Å².